The predicted octanol–water partition coefficient (Wildman–Crippen LogP) is 2.79. The Morgan fingerprint density at radius 2 is 2.25 bits per heavy atom. The third-order valence-corrected chi connectivity index (χ3v) is 2.13. The average Bonchev–Trinajstić information content (AvgIpc) is 2.22. The molecule has 1 atom stereocenters. The van der Waals surface area contributed by atoms with Gasteiger partial charge in [-0.25, -0.2) is 0 Å². The molecule has 0 aliphatic rings. The minimum absolute atomic E-state index is 0. The first-order valence-electron chi connectivity index (χ1n) is 5.01. The van der Waals surface area contributed by atoms with Crippen LogP contribution in [-0.4, -0.2) is 11.7 Å². The number of rotatable bonds is 5. The van der Waals surface area contributed by atoms with Gasteiger partial charge < -0.3 is 15.6 Å². The zero-order valence-electron chi connectivity index (χ0n) is 9.35. The lowest BCUT2D eigenvalue weighted by Gasteiger charge is -2.12. The fourth-order valence-electron chi connectivity index (χ4n) is 1.35. The Morgan fingerprint density at radius 3 is 2.81 bits per heavy atom. The van der Waals surface area contributed by atoms with E-state index in [1.165, 1.54) is 0 Å². The van der Waals surface area contributed by atoms with Crippen molar-refractivity contribution in [2.75, 3.05) is 6.61 Å². The maximum absolute atomic E-state index is 9.49. The summed E-state index contributed by atoms with van der Waals surface area (Å²) in [5.41, 5.74) is 6.85. The molecule has 0 amide bonds. The molecule has 0 unspecified atom stereocenters. The molecule has 0 bridgehead atoms. The highest BCUT2D eigenvalue weighted by molar-refractivity contribution is 5.85. The van der Waals surface area contributed by atoms with Crippen molar-refractivity contribution < 1.29 is 9.84 Å². The topological polar surface area (TPSA) is 55.5 Å². The van der Waals surface area contributed by atoms with E-state index >= 15 is 0 Å². The molecule has 3 nitrogen and oxygen atoms in total. The summed E-state index contributed by atoms with van der Waals surface area (Å²) in [5.74, 6) is 0.626. The van der Waals surface area contributed by atoms with Crippen LogP contribution in [0.2, 0.25) is 0 Å². The molecular formula is C12H18ClNO2. The summed E-state index contributed by atoms with van der Waals surface area (Å²) in [7, 11) is 0. The van der Waals surface area contributed by atoms with Crippen molar-refractivity contribution in [1.29, 1.82) is 0 Å². The molecule has 90 valence electrons. The van der Waals surface area contributed by atoms with Crippen molar-refractivity contribution in [3.05, 3.63) is 36.4 Å². The van der Waals surface area contributed by atoms with E-state index < -0.39 is 0 Å². The van der Waals surface area contributed by atoms with Crippen molar-refractivity contribution in [2.24, 2.45) is 5.73 Å². The van der Waals surface area contributed by atoms with Gasteiger partial charge in [0.25, 0.3) is 0 Å². The fraction of sp³-hybridized carbons (Fsp3) is 0.333. The quantitative estimate of drug-likeness (QED) is 0.782. The van der Waals surface area contributed by atoms with E-state index in [2.05, 4.69) is 6.58 Å². The Hall–Kier alpha value is -1.19. The largest absolute Gasteiger partial charge is 0.504 e. The van der Waals surface area contributed by atoms with Crippen LogP contribution < -0.4 is 10.5 Å². The molecule has 1 aromatic carbocycles. The van der Waals surface area contributed by atoms with Gasteiger partial charge in [0, 0.05) is 6.04 Å². The molecule has 4 heteroatoms. The fourth-order valence-corrected chi connectivity index (χ4v) is 1.35. The monoisotopic (exact) mass is 243 g/mol. The van der Waals surface area contributed by atoms with Gasteiger partial charge in [0.15, 0.2) is 11.5 Å². The van der Waals surface area contributed by atoms with Crippen LogP contribution in [-0.2, 0) is 0 Å². The van der Waals surface area contributed by atoms with Crippen LogP contribution in [0, 0.1) is 0 Å². The van der Waals surface area contributed by atoms with E-state index in [-0.39, 0.29) is 24.2 Å². The molecule has 1 aromatic rings. The molecule has 0 radical (unpaired) electrons. The molecule has 0 spiro atoms. The van der Waals surface area contributed by atoms with Crippen LogP contribution in [0.1, 0.15) is 24.9 Å². The minimum Gasteiger partial charge on any atom is -0.504 e. The third kappa shape index (κ3) is 3.76. The van der Waals surface area contributed by atoms with E-state index in [0.717, 1.165) is 5.56 Å². The van der Waals surface area contributed by atoms with Crippen LogP contribution in [0.25, 0.3) is 0 Å². The van der Waals surface area contributed by atoms with Gasteiger partial charge in [-0.05, 0) is 31.0 Å². The molecular weight excluding hydrogens is 226 g/mol. The Labute approximate surface area is 102 Å². The molecule has 1 rings (SSSR count). The van der Waals surface area contributed by atoms with Crippen LogP contribution in [0.3, 0.4) is 0 Å². The number of nitrogens with two attached hydrogens (primary N) is 1. The van der Waals surface area contributed by atoms with Gasteiger partial charge in [0.1, 0.15) is 0 Å². The summed E-state index contributed by atoms with van der Waals surface area (Å²) >= 11 is 0. The molecule has 3 N–H and O–H groups in total. The minimum atomic E-state index is -0.0951. The van der Waals surface area contributed by atoms with Crippen LogP contribution in [0.5, 0.6) is 11.5 Å². The zero-order valence-corrected chi connectivity index (χ0v) is 10.2. The van der Waals surface area contributed by atoms with Gasteiger partial charge in [-0.2, -0.15) is 0 Å². The predicted molar refractivity (Wildman–Crippen MR) is 68.3 cm³/mol. The standard InChI is InChI=1S/C12H17NO2.ClH/c1-3-5-10(13)9-6-7-11(14)12(8-9)15-4-2;/h3,6-8,10,14H,1,4-5,13H2,2H3;1H/t10-;/m0./s1. The van der Waals surface area contributed by atoms with Gasteiger partial charge in [0.05, 0.1) is 6.61 Å². The van der Waals surface area contributed by atoms with Crippen molar-refractivity contribution in [3.8, 4) is 11.5 Å². The van der Waals surface area contributed by atoms with Crippen molar-refractivity contribution in [2.45, 2.75) is 19.4 Å². The van der Waals surface area contributed by atoms with Crippen molar-refractivity contribution in [1.82, 2.24) is 0 Å². The number of phenolic OH excluding ortho intramolecular Hbond substituents is 1. The highest BCUT2D eigenvalue weighted by atomic mass is 35.5. The van der Waals surface area contributed by atoms with Gasteiger partial charge in [0.2, 0.25) is 0 Å². The van der Waals surface area contributed by atoms with Crippen LogP contribution in [0.4, 0.5) is 0 Å². The lowest BCUT2D eigenvalue weighted by Crippen LogP contribution is -2.09. The van der Waals surface area contributed by atoms with Gasteiger partial charge in [-0.3, -0.25) is 0 Å². The molecule has 16 heavy (non-hydrogen) atoms. The second kappa shape index (κ2) is 7.14. The highest BCUT2D eigenvalue weighted by Crippen LogP contribution is 2.29. The lowest BCUT2D eigenvalue weighted by atomic mass is 10.0. The number of hydrogen-bond acceptors (Lipinski definition) is 3. The Kier molecular flexibility index (Phi) is 6.61. The molecule has 0 fully saturated rings. The molecule has 0 saturated heterocycles. The molecule has 0 saturated carbocycles. The molecule has 0 aromatic heterocycles. The molecule has 0 heterocycles. The zero-order chi connectivity index (χ0) is 11.3. The summed E-state index contributed by atoms with van der Waals surface area (Å²) < 4.78 is 5.27. The Bertz CT molecular complexity index is 342. The molecule has 0 aliphatic carbocycles. The number of ether oxygens (including phenoxy) is 1. The van der Waals surface area contributed by atoms with E-state index in [9.17, 15) is 5.11 Å². The average molecular weight is 244 g/mol. The van der Waals surface area contributed by atoms with Crippen molar-refractivity contribution >= 4 is 12.4 Å². The van der Waals surface area contributed by atoms with E-state index in [4.69, 9.17) is 10.5 Å². The molecule has 0 aliphatic heterocycles. The van der Waals surface area contributed by atoms with Gasteiger partial charge in [-0.15, -0.1) is 19.0 Å². The smallest absolute Gasteiger partial charge is 0.161 e. The number of phenols is 1. The van der Waals surface area contributed by atoms with Crippen LogP contribution >= 0.6 is 12.4 Å². The summed E-state index contributed by atoms with van der Waals surface area (Å²) in [6.45, 7) is 6.03. The van der Waals surface area contributed by atoms with Gasteiger partial charge in [-0.1, -0.05) is 12.1 Å². The van der Waals surface area contributed by atoms with E-state index in [0.29, 0.717) is 18.8 Å². The van der Waals surface area contributed by atoms with Crippen molar-refractivity contribution in [3.63, 3.8) is 0 Å². The number of halogens is 1. The summed E-state index contributed by atoms with van der Waals surface area (Å²) in [5, 5.41) is 9.49. The second-order valence-electron chi connectivity index (χ2n) is 3.29. The van der Waals surface area contributed by atoms with Gasteiger partial charge >= 0.3 is 0 Å². The lowest BCUT2D eigenvalue weighted by molar-refractivity contribution is 0.317. The first-order chi connectivity index (χ1) is 7.19. The first-order valence-corrected chi connectivity index (χ1v) is 5.01. The summed E-state index contributed by atoms with van der Waals surface area (Å²) in [6, 6.07) is 5.07. The van der Waals surface area contributed by atoms with Crippen LogP contribution in [0.15, 0.2) is 30.9 Å². The van der Waals surface area contributed by atoms with E-state index in [1.54, 1.807) is 24.3 Å². The Balaban J connectivity index is 0.00000225. The first kappa shape index (κ1) is 14.8. The maximum atomic E-state index is 9.49. The van der Waals surface area contributed by atoms with E-state index in [1.807, 2.05) is 6.92 Å². The third-order valence-electron chi connectivity index (χ3n) is 2.13. The second-order valence-corrected chi connectivity index (χ2v) is 3.29. The number of hydrogen-bond donors (Lipinski definition) is 2. The maximum Gasteiger partial charge on any atom is 0.161 e. The normalized spacial score (nSPS) is 11.4. The Morgan fingerprint density at radius 1 is 1.56 bits per heavy atom. The highest BCUT2D eigenvalue weighted by Gasteiger charge is 2.08. The number of benzene rings is 1. The summed E-state index contributed by atoms with van der Waals surface area (Å²) in [4.78, 5) is 0. The summed E-state index contributed by atoms with van der Waals surface area (Å²) in [6.07, 6.45) is 2.48. The number of aromatic hydroxyl groups is 1. The SMILES string of the molecule is C=CC[C@H](N)c1ccc(O)c(OCC)c1.Cl.